The fraction of sp³-hybridized carbons (Fsp3) is 0. The van der Waals surface area contributed by atoms with Crippen LogP contribution in [0.2, 0.25) is 0 Å². The van der Waals surface area contributed by atoms with Gasteiger partial charge in [0, 0.05) is 11.6 Å². The number of rotatable bonds is 2. The Kier molecular flexibility index (Phi) is 3.10. The van der Waals surface area contributed by atoms with Crippen molar-refractivity contribution in [2.45, 2.75) is 0 Å². The van der Waals surface area contributed by atoms with Crippen LogP contribution in [-0.4, -0.2) is 18.5 Å². The Morgan fingerprint density at radius 1 is 1.40 bits per heavy atom. The van der Waals surface area contributed by atoms with E-state index in [1.165, 1.54) is 0 Å². The lowest BCUT2D eigenvalue weighted by atomic mass is 10.2. The van der Waals surface area contributed by atoms with E-state index in [2.05, 4.69) is 0 Å². The highest BCUT2D eigenvalue weighted by atomic mass is 32.2. The molecule has 1 aromatic rings. The molecule has 0 radical (unpaired) electrons. The number of halogens is 1. The molecule has 0 heterocycles. The minimum Gasteiger partial charge on any atom is -0.276 e. The van der Waals surface area contributed by atoms with Crippen LogP contribution in [0, 0.1) is 15.9 Å². The van der Waals surface area contributed by atoms with Gasteiger partial charge in [-0.05, 0) is 12.1 Å². The molecule has 0 aliphatic rings. The van der Waals surface area contributed by atoms with E-state index in [-0.39, 0.29) is 0 Å². The molecule has 0 atom stereocenters. The second-order valence-corrected chi connectivity index (χ2v) is 3.41. The van der Waals surface area contributed by atoms with E-state index in [0.717, 1.165) is 6.07 Å². The maximum absolute atomic E-state index is 12.8. The summed E-state index contributed by atoms with van der Waals surface area (Å²) in [5, 5.41) is 8.99. The van der Waals surface area contributed by atoms with E-state index in [1.54, 1.807) is 0 Å². The normalized spacial score (nSPS) is 10.3. The average molecular weight is 233 g/mol. The third-order valence-corrected chi connectivity index (χ3v) is 2.15. The molecule has 15 heavy (non-hydrogen) atoms. The third-order valence-electron chi connectivity index (χ3n) is 1.56. The van der Waals surface area contributed by atoms with Gasteiger partial charge in [-0.1, -0.05) is 0 Å². The maximum Gasteiger partial charge on any atom is 0.305 e. The first-order valence-corrected chi connectivity index (χ1v) is 4.74. The molecule has 0 bridgehead atoms. The van der Waals surface area contributed by atoms with Crippen LogP contribution in [0.3, 0.4) is 0 Å². The Bertz CT molecular complexity index is 502. The maximum atomic E-state index is 12.8. The standard InChI is InChI=1S/C7H4FNO5S/c8-5-2-1-4(7(10)15(13)14)3-6(5)9(11)12/h1-3,15H. The van der Waals surface area contributed by atoms with Crippen LogP contribution in [0.5, 0.6) is 0 Å². The first-order valence-electron chi connectivity index (χ1n) is 3.56. The summed E-state index contributed by atoms with van der Waals surface area (Å²) < 4.78 is 33.4. The van der Waals surface area contributed by atoms with Crippen molar-refractivity contribution in [2.75, 3.05) is 0 Å². The monoisotopic (exact) mass is 233 g/mol. The molecule has 0 aromatic heterocycles. The molecule has 1 rings (SSSR count). The summed E-state index contributed by atoms with van der Waals surface area (Å²) in [4.78, 5) is 20.1. The van der Waals surface area contributed by atoms with Crippen LogP contribution < -0.4 is 0 Å². The van der Waals surface area contributed by atoms with Crippen LogP contribution in [-0.2, 0) is 10.7 Å². The zero-order valence-electron chi connectivity index (χ0n) is 7.05. The predicted molar refractivity (Wildman–Crippen MR) is 47.7 cm³/mol. The van der Waals surface area contributed by atoms with Gasteiger partial charge in [-0.25, -0.2) is 8.42 Å². The van der Waals surface area contributed by atoms with Crippen molar-refractivity contribution in [2.24, 2.45) is 0 Å². The average Bonchev–Trinajstić information content (AvgIpc) is 2.16. The molecule has 0 amide bonds. The zero-order valence-corrected chi connectivity index (χ0v) is 7.94. The highest BCUT2D eigenvalue weighted by Crippen LogP contribution is 2.18. The zero-order chi connectivity index (χ0) is 11.6. The Balaban J connectivity index is 3.31. The van der Waals surface area contributed by atoms with Crippen molar-refractivity contribution in [3.63, 3.8) is 0 Å². The molecular weight excluding hydrogens is 229 g/mol. The summed E-state index contributed by atoms with van der Waals surface area (Å²) in [5.41, 5.74) is -1.36. The van der Waals surface area contributed by atoms with Crippen LogP contribution in [0.25, 0.3) is 0 Å². The number of carbonyl (C=O) groups is 1. The van der Waals surface area contributed by atoms with Gasteiger partial charge in [-0.15, -0.1) is 0 Å². The van der Waals surface area contributed by atoms with Crippen LogP contribution in [0.15, 0.2) is 18.2 Å². The summed E-state index contributed by atoms with van der Waals surface area (Å²) in [6, 6.07) is 2.13. The molecule has 8 heteroatoms. The van der Waals surface area contributed by atoms with E-state index in [0.29, 0.717) is 12.1 Å². The Labute approximate surface area is 84.4 Å². The smallest absolute Gasteiger partial charge is 0.276 e. The SMILES string of the molecule is O=C(c1ccc(F)c([N+](=O)[O-])c1)[SH](=O)=O. The fourth-order valence-corrected chi connectivity index (χ4v) is 1.24. The number of hydrogen-bond acceptors (Lipinski definition) is 5. The lowest BCUT2D eigenvalue weighted by molar-refractivity contribution is -0.387. The van der Waals surface area contributed by atoms with Gasteiger partial charge in [0.1, 0.15) is 0 Å². The van der Waals surface area contributed by atoms with Crippen LogP contribution in [0.4, 0.5) is 10.1 Å². The largest absolute Gasteiger partial charge is 0.305 e. The van der Waals surface area contributed by atoms with Gasteiger partial charge < -0.3 is 0 Å². The van der Waals surface area contributed by atoms with Gasteiger partial charge in [0.25, 0.3) is 5.12 Å². The van der Waals surface area contributed by atoms with Crippen molar-refractivity contribution < 1.29 is 22.5 Å². The van der Waals surface area contributed by atoms with Gasteiger partial charge in [-0.3, -0.25) is 14.9 Å². The molecule has 0 spiro atoms. The van der Waals surface area contributed by atoms with Gasteiger partial charge >= 0.3 is 5.69 Å². The number of nitro groups is 1. The van der Waals surface area contributed by atoms with Gasteiger partial charge in [0.05, 0.1) is 4.92 Å². The lowest BCUT2D eigenvalue weighted by Crippen LogP contribution is -2.02. The molecule has 0 aliphatic carbocycles. The lowest BCUT2D eigenvalue weighted by Gasteiger charge is -1.96. The Morgan fingerprint density at radius 3 is 2.47 bits per heavy atom. The summed E-state index contributed by atoms with van der Waals surface area (Å²) in [7, 11) is -3.36. The van der Waals surface area contributed by atoms with Crippen molar-refractivity contribution in [1.29, 1.82) is 0 Å². The number of nitrogens with zero attached hydrogens (tertiary/aromatic N) is 1. The van der Waals surface area contributed by atoms with Crippen molar-refractivity contribution in [3.8, 4) is 0 Å². The van der Waals surface area contributed by atoms with E-state index < -0.39 is 37.8 Å². The molecule has 0 unspecified atom stereocenters. The quantitative estimate of drug-likeness (QED) is 0.455. The number of nitro benzene ring substituents is 1. The molecular formula is C7H4FNO5S. The fourth-order valence-electron chi connectivity index (χ4n) is 0.891. The second-order valence-electron chi connectivity index (χ2n) is 2.49. The molecule has 0 saturated carbocycles. The molecule has 6 nitrogen and oxygen atoms in total. The number of hydrogen-bond donors (Lipinski definition) is 1. The van der Waals surface area contributed by atoms with Gasteiger partial charge in [0.2, 0.25) is 16.5 Å². The van der Waals surface area contributed by atoms with Crippen molar-refractivity contribution in [1.82, 2.24) is 0 Å². The molecule has 0 saturated heterocycles. The van der Waals surface area contributed by atoms with Crippen molar-refractivity contribution >= 4 is 21.5 Å². The number of thiol groups is 1. The summed E-state index contributed by atoms with van der Waals surface area (Å²) in [5.74, 6) is -1.13. The second kappa shape index (κ2) is 4.13. The minimum atomic E-state index is -3.36. The third kappa shape index (κ3) is 2.34. The predicted octanol–water partition coefficient (Wildman–Crippen LogP) is 0.486. The summed E-state index contributed by atoms with van der Waals surface area (Å²) in [6.07, 6.45) is 0. The molecule has 0 fully saturated rings. The van der Waals surface area contributed by atoms with E-state index in [1.807, 2.05) is 0 Å². The van der Waals surface area contributed by atoms with E-state index >= 15 is 0 Å². The van der Waals surface area contributed by atoms with Crippen LogP contribution in [0.1, 0.15) is 10.4 Å². The Morgan fingerprint density at radius 2 is 2.00 bits per heavy atom. The van der Waals surface area contributed by atoms with Crippen LogP contribution >= 0.6 is 0 Å². The number of carbonyl (C=O) groups excluding carboxylic acids is 1. The minimum absolute atomic E-state index is 0.431. The van der Waals surface area contributed by atoms with Gasteiger partial charge in [0.15, 0.2) is 0 Å². The summed E-state index contributed by atoms with van der Waals surface area (Å²) >= 11 is 0. The first-order chi connectivity index (χ1) is 6.93. The molecule has 80 valence electrons. The topological polar surface area (TPSA) is 94.3 Å². The molecule has 0 aliphatic heterocycles. The van der Waals surface area contributed by atoms with Crippen molar-refractivity contribution in [3.05, 3.63) is 39.7 Å². The van der Waals surface area contributed by atoms with Gasteiger partial charge in [-0.2, -0.15) is 4.39 Å². The first kappa shape index (κ1) is 11.2. The highest BCUT2D eigenvalue weighted by molar-refractivity contribution is 7.89. The van der Waals surface area contributed by atoms with E-state index in [4.69, 9.17) is 0 Å². The summed E-state index contributed by atoms with van der Waals surface area (Å²) in [6.45, 7) is 0. The molecule has 0 N–H and O–H groups in total. The Hall–Kier alpha value is -1.83. The molecule has 1 aromatic carbocycles. The van der Waals surface area contributed by atoms with E-state index in [9.17, 15) is 27.7 Å². The number of benzene rings is 1. The highest BCUT2D eigenvalue weighted by Gasteiger charge is 2.18.